The number of halogens is 2. The Morgan fingerprint density at radius 3 is 2.87 bits per heavy atom. The topological polar surface area (TPSA) is 43.6 Å². The van der Waals surface area contributed by atoms with E-state index in [9.17, 15) is 0 Å². The van der Waals surface area contributed by atoms with E-state index in [1.54, 1.807) is 16.9 Å². The smallest absolute Gasteiger partial charge is 0.154 e. The van der Waals surface area contributed by atoms with E-state index in [0.717, 1.165) is 11.4 Å². The number of hydrogen-bond donors (Lipinski definition) is 0. The minimum absolute atomic E-state index is 0.337. The van der Waals surface area contributed by atoms with Crippen LogP contribution in [0.25, 0.3) is 5.69 Å². The highest BCUT2D eigenvalue weighted by atomic mass is 35.5. The van der Waals surface area contributed by atoms with E-state index in [1.165, 1.54) is 0 Å². The van der Waals surface area contributed by atoms with Crippen molar-refractivity contribution < 1.29 is 0 Å². The standard InChI is InChI=1S/C9H8Cl2N4/c1-6-7(5-10)13-14-15(6)8-3-2-4-12-9(8)11/h2-4H,5H2,1H3. The van der Waals surface area contributed by atoms with Gasteiger partial charge in [0.25, 0.3) is 0 Å². The van der Waals surface area contributed by atoms with E-state index in [4.69, 9.17) is 23.2 Å². The zero-order valence-corrected chi connectivity index (χ0v) is 9.50. The number of aromatic nitrogens is 4. The monoisotopic (exact) mass is 242 g/mol. The van der Waals surface area contributed by atoms with Gasteiger partial charge in [-0.3, -0.25) is 0 Å². The molecule has 2 rings (SSSR count). The Kier molecular flexibility index (Phi) is 2.88. The predicted octanol–water partition coefficient (Wildman–Crippen LogP) is 2.36. The maximum atomic E-state index is 5.95. The van der Waals surface area contributed by atoms with Crippen LogP contribution in [0, 0.1) is 6.92 Å². The van der Waals surface area contributed by atoms with Crippen LogP contribution in [0.4, 0.5) is 0 Å². The van der Waals surface area contributed by atoms with E-state index in [2.05, 4.69) is 15.3 Å². The van der Waals surface area contributed by atoms with E-state index >= 15 is 0 Å². The summed E-state index contributed by atoms with van der Waals surface area (Å²) in [5.74, 6) is 0.337. The van der Waals surface area contributed by atoms with Crippen molar-refractivity contribution in [1.82, 2.24) is 20.0 Å². The Hall–Kier alpha value is -1.13. The van der Waals surface area contributed by atoms with Crippen LogP contribution in [-0.4, -0.2) is 20.0 Å². The average Bonchev–Trinajstić information content (AvgIpc) is 2.60. The Labute approximate surface area is 96.8 Å². The Morgan fingerprint density at radius 1 is 1.47 bits per heavy atom. The van der Waals surface area contributed by atoms with Crippen LogP contribution in [-0.2, 0) is 5.88 Å². The first kappa shape index (κ1) is 10.4. The van der Waals surface area contributed by atoms with Gasteiger partial charge < -0.3 is 0 Å². The fraction of sp³-hybridized carbons (Fsp3) is 0.222. The molecule has 0 aliphatic carbocycles. The summed E-state index contributed by atoms with van der Waals surface area (Å²) in [5.41, 5.74) is 2.33. The van der Waals surface area contributed by atoms with Crippen molar-refractivity contribution in [3.63, 3.8) is 0 Å². The van der Waals surface area contributed by atoms with Crippen molar-refractivity contribution in [3.8, 4) is 5.69 Å². The SMILES string of the molecule is Cc1c(CCl)nnn1-c1cccnc1Cl. The lowest BCUT2D eigenvalue weighted by Crippen LogP contribution is -2.01. The second kappa shape index (κ2) is 4.16. The number of pyridine rings is 1. The Morgan fingerprint density at radius 2 is 2.27 bits per heavy atom. The molecule has 0 radical (unpaired) electrons. The summed E-state index contributed by atoms with van der Waals surface area (Å²) in [5, 5.41) is 8.32. The van der Waals surface area contributed by atoms with Crippen LogP contribution in [0.3, 0.4) is 0 Å². The average molecular weight is 243 g/mol. The van der Waals surface area contributed by atoms with Crippen molar-refractivity contribution in [3.05, 3.63) is 34.9 Å². The highest BCUT2D eigenvalue weighted by molar-refractivity contribution is 6.31. The molecular weight excluding hydrogens is 235 g/mol. The third-order valence-corrected chi connectivity index (χ3v) is 2.63. The highest BCUT2D eigenvalue weighted by Gasteiger charge is 2.11. The molecule has 0 amide bonds. The van der Waals surface area contributed by atoms with Gasteiger partial charge in [0.05, 0.1) is 11.6 Å². The molecule has 0 aliphatic rings. The first-order valence-corrected chi connectivity index (χ1v) is 5.23. The van der Waals surface area contributed by atoms with Gasteiger partial charge in [0.1, 0.15) is 11.4 Å². The summed E-state index contributed by atoms with van der Waals surface area (Å²) in [6.45, 7) is 1.89. The zero-order chi connectivity index (χ0) is 10.8. The first-order valence-electron chi connectivity index (χ1n) is 4.32. The summed E-state index contributed by atoms with van der Waals surface area (Å²) in [4.78, 5) is 3.98. The summed E-state index contributed by atoms with van der Waals surface area (Å²) >= 11 is 11.7. The number of rotatable bonds is 2. The van der Waals surface area contributed by atoms with Gasteiger partial charge >= 0.3 is 0 Å². The van der Waals surface area contributed by atoms with Gasteiger partial charge in [-0.15, -0.1) is 16.7 Å². The Bertz CT molecular complexity index is 481. The molecule has 0 bridgehead atoms. The zero-order valence-electron chi connectivity index (χ0n) is 7.98. The first-order chi connectivity index (χ1) is 7.24. The van der Waals surface area contributed by atoms with Crippen LogP contribution < -0.4 is 0 Å². The van der Waals surface area contributed by atoms with E-state index < -0.39 is 0 Å². The molecule has 0 N–H and O–H groups in total. The molecule has 2 aromatic heterocycles. The van der Waals surface area contributed by atoms with Crippen LogP contribution in [0.5, 0.6) is 0 Å². The molecule has 0 aliphatic heterocycles. The molecule has 0 saturated heterocycles. The molecular formula is C9H8Cl2N4. The number of nitrogens with zero attached hydrogens (tertiary/aromatic N) is 4. The molecule has 0 spiro atoms. The normalized spacial score (nSPS) is 10.6. The summed E-state index contributed by atoms with van der Waals surface area (Å²) in [7, 11) is 0. The molecule has 0 atom stereocenters. The highest BCUT2D eigenvalue weighted by Crippen LogP contribution is 2.19. The molecule has 2 heterocycles. The molecule has 2 aromatic rings. The van der Waals surface area contributed by atoms with Gasteiger partial charge in [0, 0.05) is 6.20 Å². The van der Waals surface area contributed by atoms with Crippen molar-refractivity contribution in [1.29, 1.82) is 0 Å². The minimum Gasteiger partial charge on any atom is -0.242 e. The maximum absolute atomic E-state index is 5.95. The third-order valence-electron chi connectivity index (χ3n) is 2.08. The number of hydrogen-bond acceptors (Lipinski definition) is 3. The fourth-order valence-electron chi connectivity index (χ4n) is 1.25. The lowest BCUT2D eigenvalue weighted by atomic mass is 10.3. The van der Waals surface area contributed by atoms with E-state index in [1.807, 2.05) is 13.0 Å². The van der Waals surface area contributed by atoms with Gasteiger partial charge in [-0.2, -0.15) is 0 Å². The lowest BCUT2D eigenvalue weighted by Gasteiger charge is -2.03. The van der Waals surface area contributed by atoms with Crippen molar-refractivity contribution in [2.45, 2.75) is 12.8 Å². The molecule has 78 valence electrons. The van der Waals surface area contributed by atoms with Crippen LogP contribution in [0.2, 0.25) is 5.15 Å². The van der Waals surface area contributed by atoms with Crippen molar-refractivity contribution in [2.75, 3.05) is 0 Å². The van der Waals surface area contributed by atoms with Gasteiger partial charge in [-0.05, 0) is 19.1 Å². The molecule has 15 heavy (non-hydrogen) atoms. The van der Waals surface area contributed by atoms with Crippen molar-refractivity contribution in [2.24, 2.45) is 0 Å². The summed E-state index contributed by atoms with van der Waals surface area (Å²) < 4.78 is 1.63. The predicted molar refractivity (Wildman–Crippen MR) is 58.5 cm³/mol. The molecule has 0 fully saturated rings. The number of alkyl halides is 1. The molecule has 0 aromatic carbocycles. The van der Waals surface area contributed by atoms with Crippen LogP contribution in [0.15, 0.2) is 18.3 Å². The quantitative estimate of drug-likeness (QED) is 0.600. The summed E-state index contributed by atoms with van der Waals surface area (Å²) in [6, 6.07) is 3.62. The minimum atomic E-state index is 0.337. The molecule has 4 nitrogen and oxygen atoms in total. The maximum Gasteiger partial charge on any atom is 0.154 e. The molecule has 0 unspecified atom stereocenters. The second-order valence-electron chi connectivity index (χ2n) is 2.98. The van der Waals surface area contributed by atoms with E-state index in [-0.39, 0.29) is 0 Å². The van der Waals surface area contributed by atoms with Crippen LogP contribution in [0.1, 0.15) is 11.4 Å². The van der Waals surface area contributed by atoms with Gasteiger partial charge in [-0.1, -0.05) is 16.8 Å². The molecule has 6 heteroatoms. The Balaban J connectivity index is 2.55. The summed E-state index contributed by atoms with van der Waals surface area (Å²) in [6.07, 6.45) is 1.63. The van der Waals surface area contributed by atoms with Crippen molar-refractivity contribution >= 4 is 23.2 Å². The van der Waals surface area contributed by atoms with E-state index in [0.29, 0.717) is 16.7 Å². The van der Waals surface area contributed by atoms with Gasteiger partial charge in [0.15, 0.2) is 5.15 Å². The van der Waals surface area contributed by atoms with Crippen LogP contribution >= 0.6 is 23.2 Å². The largest absolute Gasteiger partial charge is 0.242 e. The van der Waals surface area contributed by atoms with Gasteiger partial charge in [-0.25, -0.2) is 9.67 Å². The third kappa shape index (κ3) is 1.82. The molecule has 0 saturated carbocycles. The lowest BCUT2D eigenvalue weighted by molar-refractivity contribution is 0.781. The van der Waals surface area contributed by atoms with Gasteiger partial charge in [0.2, 0.25) is 0 Å². The second-order valence-corrected chi connectivity index (χ2v) is 3.61. The fourth-order valence-corrected chi connectivity index (χ4v) is 1.69.